The molecular weight excluding hydrogens is 222 g/mol. The minimum Gasteiger partial charge on any atom is -0.508 e. The molecule has 3 nitrogen and oxygen atoms in total. The number of rotatable bonds is 4. The van der Waals surface area contributed by atoms with Crippen molar-refractivity contribution in [2.45, 2.75) is 12.8 Å². The maximum absolute atomic E-state index is 9.16. The quantitative estimate of drug-likeness (QED) is 0.852. The molecule has 2 rings (SSSR count). The van der Waals surface area contributed by atoms with Crippen molar-refractivity contribution in [3.05, 3.63) is 45.9 Å². The highest BCUT2D eigenvalue weighted by Gasteiger charge is 2.03. The van der Waals surface area contributed by atoms with Gasteiger partial charge in [0.1, 0.15) is 5.75 Å². The van der Waals surface area contributed by atoms with Gasteiger partial charge in [-0.3, -0.25) is 0 Å². The van der Waals surface area contributed by atoms with Gasteiger partial charge in [-0.25, -0.2) is 4.98 Å². The number of phenols is 1. The molecule has 2 N–H and O–H groups in total. The van der Waals surface area contributed by atoms with Gasteiger partial charge in [-0.05, 0) is 17.7 Å². The zero-order chi connectivity index (χ0) is 11.4. The minimum atomic E-state index is 0.141. The summed E-state index contributed by atoms with van der Waals surface area (Å²) in [4.78, 5) is 4.41. The van der Waals surface area contributed by atoms with E-state index < -0.39 is 0 Å². The summed E-state index contributed by atoms with van der Waals surface area (Å²) in [5.74, 6) is 0.281. The summed E-state index contributed by atoms with van der Waals surface area (Å²) in [6, 6.07) is 7.14. The summed E-state index contributed by atoms with van der Waals surface area (Å²) in [5, 5.41) is 21.0. The van der Waals surface area contributed by atoms with Gasteiger partial charge >= 0.3 is 0 Å². The SMILES string of the molecule is OCCc1csc(Cc2ccc(O)cc2)n1. The number of hydrogen-bond donors (Lipinski definition) is 2. The first kappa shape index (κ1) is 11.1. The summed E-state index contributed by atoms with van der Waals surface area (Å²) in [7, 11) is 0. The molecule has 16 heavy (non-hydrogen) atoms. The number of aliphatic hydroxyl groups is 1. The molecule has 0 unspecified atom stereocenters. The molecule has 0 saturated carbocycles. The second kappa shape index (κ2) is 5.09. The molecule has 0 bridgehead atoms. The Kier molecular flexibility index (Phi) is 3.54. The fraction of sp³-hybridized carbons (Fsp3) is 0.250. The number of benzene rings is 1. The third kappa shape index (κ3) is 2.81. The van der Waals surface area contributed by atoms with E-state index in [2.05, 4.69) is 4.98 Å². The normalized spacial score (nSPS) is 10.6. The van der Waals surface area contributed by atoms with E-state index in [4.69, 9.17) is 10.2 Å². The lowest BCUT2D eigenvalue weighted by atomic mass is 10.1. The average molecular weight is 235 g/mol. The molecule has 0 atom stereocenters. The number of aromatic hydroxyl groups is 1. The lowest BCUT2D eigenvalue weighted by Crippen LogP contribution is -1.92. The third-order valence-corrected chi connectivity index (χ3v) is 3.16. The molecule has 2 aromatic rings. The molecule has 0 aliphatic rings. The number of thiazole rings is 1. The first-order valence-electron chi connectivity index (χ1n) is 5.10. The van der Waals surface area contributed by atoms with E-state index >= 15 is 0 Å². The van der Waals surface area contributed by atoms with E-state index in [-0.39, 0.29) is 12.4 Å². The van der Waals surface area contributed by atoms with E-state index in [1.54, 1.807) is 23.5 Å². The molecule has 0 fully saturated rings. The molecule has 0 spiro atoms. The summed E-state index contributed by atoms with van der Waals surface area (Å²) in [6.45, 7) is 0.141. The highest BCUT2D eigenvalue weighted by atomic mass is 32.1. The summed E-state index contributed by atoms with van der Waals surface area (Å²) in [5.41, 5.74) is 2.07. The van der Waals surface area contributed by atoms with Crippen molar-refractivity contribution in [2.24, 2.45) is 0 Å². The van der Waals surface area contributed by atoms with Gasteiger partial charge in [0, 0.05) is 24.8 Å². The topological polar surface area (TPSA) is 53.4 Å². The first-order valence-corrected chi connectivity index (χ1v) is 5.98. The molecular formula is C12H13NO2S. The highest BCUT2D eigenvalue weighted by Crippen LogP contribution is 2.17. The van der Waals surface area contributed by atoms with Crippen LogP contribution in [0.1, 0.15) is 16.3 Å². The summed E-state index contributed by atoms with van der Waals surface area (Å²) >= 11 is 1.60. The number of nitrogens with zero attached hydrogens (tertiary/aromatic N) is 1. The fourth-order valence-corrected chi connectivity index (χ4v) is 2.31. The van der Waals surface area contributed by atoms with Crippen molar-refractivity contribution in [2.75, 3.05) is 6.61 Å². The predicted octanol–water partition coefficient (Wildman–Crippen LogP) is 1.97. The first-order chi connectivity index (χ1) is 7.78. The van der Waals surface area contributed by atoms with Crippen LogP contribution in [0.4, 0.5) is 0 Å². The van der Waals surface area contributed by atoms with Gasteiger partial charge in [-0.15, -0.1) is 11.3 Å². The number of aromatic nitrogens is 1. The standard InChI is InChI=1S/C12H13NO2S/c14-6-5-10-8-16-12(13-10)7-9-1-3-11(15)4-2-9/h1-4,8,14-15H,5-7H2. The van der Waals surface area contributed by atoms with E-state index in [1.165, 1.54) is 0 Å². The number of hydrogen-bond acceptors (Lipinski definition) is 4. The van der Waals surface area contributed by atoms with Crippen molar-refractivity contribution in [1.82, 2.24) is 4.98 Å². The van der Waals surface area contributed by atoms with Crippen LogP contribution < -0.4 is 0 Å². The van der Waals surface area contributed by atoms with Gasteiger partial charge in [-0.1, -0.05) is 12.1 Å². The average Bonchev–Trinajstić information content (AvgIpc) is 2.70. The van der Waals surface area contributed by atoms with Crippen molar-refractivity contribution in [3.8, 4) is 5.75 Å². The van der Waals surface area contributed by atoms with Crippen LogP contribution in [0.25, 0.3) is 0 Å². The van der Waals surface area contributed by atoms with Crippen LogP contribution >= 0.6 is 11.3 Å². The second-order valence-corrected chi connectivity index (χ2v) is 4.49. The van der Waals surface area contributed by atoms with Crippen LogP contribution in [-0.4, -0.2) is 21.8 Å². The second-order valence-electron chi connectivity index (χ2n) is 3.55. The Morgan fingerprint density at radius 2 is 1.94 bits per heavy atom. The van der Waals surface area contributed by atoms with E-state index in [9.17, 15) is 0 Å². The molecule has 4 heteroatoms. The summed E-state index contributed by atoms with van der Waals surface area (Å²) < 4.78 is 0. The monoisotopic (exact) mass is 235 g/mol. The maximum atomic E-state index is 9.16. The minimum absolute atomic E-state index is 0.141. The van der Waals surface area contributed by atoms with Crippen molar-refractivity contribution < 1.29 is 10.2 Å². The van der Waals surface area contributed by atoms with Crippen LogP contribution in [0, 0.1) is 0 Å². The Morgan fingerprint density at radius 1 is 1.19 bits per heavy atom. The van der Waals surface area contributed by atoms with E-state index in [1.807, 2.05) is 17.5 Å². The zero-order valence-corrected chi connectivity index (χ0v) is 9.57. The van der Waals surface area contributed by atoms with Crippen molar-refractivity contribution >= 4 is 11.3 Å². The zero-order valence-electron chi connectivity index (χ0n) is 8.76. The molecule has 0 aliphatic carbocycles. The number of aliphatic hydroxyl groups excluding tert-OH is 1. The third-order valence-electron chi connectivity index (χ3n) is 2.26. The molecule has 0 aliphatic heterocycles. The van der Waals surface area contributed by atoms with Crippen LogP contribution in [0.15, 0.2) is 29.6 Å². The highest BCUT2D eigenvalue weighted by molar-refractivity contribution is 7.09. The smallest absolute Gasteiger partial charge is 0.115 e. The van der Waals surface area contributed by atoms with Gasteiger partial charge in [0.05, 0.1) is 10.7 Å². The molecule has 0 amide bonds. The maximum Gasteiger partial charge on any atom is 0.115 e. The van der Waals surface area contributed by atoms with E-state index in [0.29, 0.717) is 6.42 Å². The van der Waals surface area contributed by atoms with Gasteiger partial charge in [0.15, 0.2) is 0 Å². The van der Waals surface area contributed by atoms with Crippen LogP contribution in [0.3, 0.4) is 0 Å². The lowest BCUT2D eigenvalue weighted by Gasteiger charge is -1.98. The summed E-state index contributed by atoms with van der Waals surface area (Å²) in [6.07, 6.45) is 1.39. The molecule has 1 aromatic heterocycles. The van der Waals surface area contributed by atoms with Gasteiger partial charge < -0.3 is 10.2 Å². The van der Waals surface area contributed by atoms with Crippen LogP contribution in [0.2, 0.25) is 0 Å². The Labute approximate surface area is 98.0 Å². The predicted molar refractivity (Wildman–Crippen MR) is 63.8 cm³/mol. The fourth-order valence-electron chi connectivity index (χ4n) is 1.45. The molecule has 1 heterocycles. The lowest BCUT2D eigenvalue weighted by molar-refractivity contribution is 0.298. The van der Waals surface area contributed by atoms with E-state index in [0.717, 1.165) is 22.7 Å². The number of phenolic OH excluding ortho intramolecular Hbond substituents is 1. The van der Waals surface area contributed by atoms with Gasteiger partial charge in [0.2, 0.25) is 0 Å². The molecule has 84 valence electrons. The van der Waals surface area contributed by atoms with Gasteiger partial charge in [-0.2, -0.15) is 0 Å². The van der Waals surface area contributed by atoms with Gasteiger partial charge in [0.25, 0.3) is 0 Å². The molecule has 0 radical (unpaired) electrons. The van der Waals surface area contributed by atoms with Crippen LogP contribution in [0.5, 0.6) is 5.75 Å². The van der Waals surface area contributed by atoms with Crippen LogP contribution in [-0.2, 0) is 12.8 Å². The Morgan fingerprint density at radius 3 is 2.62 bits per heavy atom. The van der Waals surface area contributed by atoms with Crippen molar-refractivity contribution in [1.29, 1.82) is 0 Å². The molecule has 0 saturated heterocycles. The molecule has 1 aromatic carbocycles. The largest absolute Gasteiger partial charge is 0.508 e. The Balaban J connectivity index is 2.05. The Bertz CT molecular complexity index is 450. The Hall–Kier alpha value is -1.39. The van der Waals surface area contributed by atoms with Crippen molar-refractivity contribution in [3.63, 3.8) is 0 Å².